The SMILES string of the molecule is COc1ccccc1OCCOc1ccc(C=C2SC(=S)N(CCCCCC(=O)O)C2=O)cc1. The van der Waals surface area contributed by atoms with E-state index in [9.17, 15) is 9.59 Å². The fourth-order valence-corrected chi connectivity index (χ4v) is 4.59. The Bertz CT molecular complexity index is 1040. The van der Waals surface area contributed by atoms with Crippen LogP contribution in [0.15, 0.2) is 53.4 Å². The van der Waals surface area contributed by atoms with Gasteiger partial charge in [0.15, 0.2) is 11.5 Å². The largest absolute Gasteiger partial charge is 0.493 e. The van der Waals surface area contributed by atoms with E-state index in [2.05, 4.69) is 0 Å². The highest BCUT2D eigenvalue weighted by Crippen LogP contribution is 2.33. The van der Waals surface area contributed by atoms with Crippen LogP contribution in [0.5, 0.6) is 17.2 Å². The lowest BCUT2D eigenvalue weighted by Gasteiger charge is -2.13. The Morgan fingerprint density at radius 3 is 2.44 bits per heavy atom. The molecule has 0 saturated carbocycles. The fraction of sp³-hybridized carbons (Fsp3) is 0.320. The highest BCUT2D eigenvalue weighted by molar-refractivity contribution is 8.26. The van der Waals surface area contributed by atoms with Crippen LogP contribution >= 0.6 is 24.0 Å². The number of unbranched alkanes of at least 4 members (excludes halogenated alkanes) is 2. The van der Waals surface area contributed by atoms with Crippen molar-refractivity contribution in [3.8, 4) is 17.2 Å². The molecule has 7 nitrogen and oxygen atoms in total. The Labute approximate surface area is 208 Å². The first-order valence-electron chi connectivity index (χ1n) is 10.9. The molecule has 1 N–H and O–H groups in total. The number of carbonyl (C=O) groups excluding carboxylic acids is 1. The van der Waals surface area contributed by atoms with E-state index >= 15 is 0 Å². The summed E-state index contributed by atoms with van der Waals surface area (Å²) in [4.78, 5) is 25.5. The summed E-state index contributed by atoms with van der Waals surface area (Å²) < 4.78 is 17.2. The molecule has 0 radical (unpaired) electrons. The number of thiocarbonyl (C=S) groups is 1. The van der Waals surface area contributed by atoms with Gasteiger partial charge in [0.1, 0.15) is 23.3 Å². The predicted molar refractivity (Wildman–Crippen MR) is 136 cm³/mol. The van der Waals surface area contributed by atoms with Crippen LogP contribution in [0, 0.1) is 0 Å². The maximum atomic E-state index is 12.7. The summed E-state index contributed by atoms with van der Waals surface area (Å²) in [7, 11) is 1.60. The van der Waals surface area contributed by atoms with Gasteiger partial charge in [-0.15, -0.1) is 0 Å². The summed E-state index contributed by atoms with van der Waals surface area (Å²) in [6.45, 7) is 1.26. The second-order valence-corrected chi connectivity index (χ2v) is 9.13. The van der Waals surface area contributed by atoms with E-state index in [4.69, 9.17) is 31.5 Å². The molecule has 180 valence electrons. The zero-order valence-electron chi connectivity index (χ0n) is 18.9. The molecule has 0 bridgehead atoms. The molecule has 1 aliphatic rings. The van der Waals surface area contributed by atoms with Crippen molar-refractivity contribution in [1.29, 1.82) is 0 Å². The van der Waals surface area contributed by atoms with Crippen LogP contribution in [0.3, 0.4) is 0 Å². The van der Waals surface area contributed by atoms with Crippen molar-refractivity contribution in [2.24, 2.45) is 0 Å². The van der Waals surface area contributed by atoms with E-state index in [0.29, 0.717) is 52.7 Å². The third-order valence-electron chi connectivity index (χ3n) is 5.00. The summed E-state index contributed by atoms with van der Waals surface area (Å²) in [6, 6.07) is 14.9. The molecule has 1 saturated heterocycles. The van der Waals surface area contributed by atoms with Crippen molar-refractivity contribution in [2.45, 2.75) is 25.7 Å². The molecule has 0 aromatic heterocycles. The molecule has 2 aromatic carbocycles. The third-order valence-corrected chi connectivity index (χ3v) is 6.38. The maximum absolute atomic E-state index is 12.7. The minimum absolute atomic E-state index is 0.109. The van der Waals surface area contributed by atoms with E-state index in [1.54, 1.807) is 12.0 Å². The Balaban J connectivity index is 1.45. The van der Waals surface area contributed by atoms with Gasteiger partial charge < -0.3 is 19.3 Å². The predicted octanol–water partition coefficient (Wildman–Crippen LogP) is 5.00. The number of carbonyl (C=O) groups is 2. The maximum Gasteiger partial charge on any atom is 0.303 e. The molecule has 1 heterocycles. The van der Waals surface area contributed by atoms with Crippen molar-refractivity contribution < 1.29 is 28.9 Å². The second kappa shape index (κ2) is 13.0. The average Bonchev–Trinajstić information content (AvgIpc) is 3.09. The van der Waals surface area contributed by atoms with Crippen LogP contribution in [0.25, 0.3) is 6.08 Å². The number of ether oxygens (including phenoxy) is 3. The van der Waals surface area contributed by atoms with Crippen LogP contribution in [0.1, 0.15) is 31.2 Å². The van der Waals surface area contributed by atoms with Gasteiger partial charge in [-0.25, -0.2) is 0 Å². The van der Waals surface area contributed by atoms with Gasteiger partial charge in [0.05, 0.1) is 12.0 Å². The van der Waals surface area contributed by atoms with E-state index in [-0.39, 0.29) is 12.3 Å². The molecule has 1 aliphatic heterocycles. The van der Waals surface area contributed by atoms with Gasteiger partial charge in [-0.3, -0.25) is 14.5 Å². The second-order valence-electron chi connectivity index (χ2n) is 7.45. The minimum Gasteiger partial charge on any atom is -0.493 e. The summed E-state index contributed by atoms with van der Waals surface area (Å²) in [5.74, 6) is 1.14. The monoisotopic (exact) mass is 501 g/mol. The van der Waals surface area contributed by atoms with Gasteiger partial charge in [-0.2, -0.15) is 0 Å². The van der Waals surface area contributed by atoms with Crippen LogP contribution in [-0.4, -0.2) is 53.1 Å². The summed E-state index contributed by atoms with van der Waals surface area (Å²) in [5.41, 5.74) is 0.875. The molecule has 9 heteroatoms. The first kappa shape index (κ1) is 25.6. The van der Waals surface area contributed by atoms with Gasteiger partial charge in [0, 0.05) is 13.0 Å². The molecule has 34 heavy (non-hydrogen) atoms. The van der Waals surface area contributed by atoms with Gasteiger partial charge in [0.2, 0.25) is 0 Å². The summed E-state index contributed by atoms with van der Waals surface area (Å²) in [5, 5.41) is 8.70. The fourth-order valence-electron chi connectivity index (χ4n) is 3.28. The van der Waals surface area contributed by atoms with Crippen molar-refractivity contribution >= 4 is 46.3 Å². The zero-order chi connectivity index (χ0) is 24.3. The Morgan fingerprint density at radius 2 is 1.74 bits per heavy atom. The standard InChI is InChI=1S/C25H27NO6S2/c1-30-20-7-4-5-8-21(20)32-16-15-31-19-12-10-18(11-13-19)17-22-24(29)26(25(33)34-22)14-6-2-3-9-23(27)28/h4-5,7-8,10-13,17H,2-3,6,9,14-16H2,1H3,(H,27,28). The number of carboxylic acids is 1. The lowest BCUT2D eigenvalue weighted by atomic mass is 10.2. The number of rotatable bonds is 13. The number of carboxylic acid groups (broad SMARTS) is 1. The number of benzene rings is 2. The number of aliphatic carboxylic acids is 1. The van der Waals surface area contributed by atoms with Crippen molar-refractivity contribution in [2.75, 3.05) is 26.9 Å². The highest BCUT2D eigenvalue weighted by atomic mass is 32.2. The Kier molecular flexibility index (Phi) is 9.78. The number of thioether (sulfide) groups is 1. The van der Waals surface area contributed by atoms with Gasteiger partial charge in [-0.05, 0) is 48.7 Å². The van der Waals surface area contributed by atoms with Crippen LogP contribution in [0.4, 0.5) is 0 Å². The smallest absolute Gasteiger partial charge is 0.303 e. The third kappa shape index (κ3) is 7.50. The number of para-hydroxylation sites is 2. The van der Waals surface area contributed by atoms with E-state index in [0.717, 1.165) is 18.4 Å². The Morgan fingerprint density at radius 1 is 1.03 bits per heavy atom. The van der Waals surface area contributed by atoms with E-state index in [1.807, 2.05) is 54.6 Å². The average molecular weight is 502 g/mol. The van der Waals surface area contributed by atoms with Crippen LogP contribution in [0.2, 0.25) is 0 Å². The first-order chi connectivity index (χ1) is 16.5. The minimum atomic E-state index is -0.800. The molecular formula is C25H27NO6S2. The van der Waals surface area contributed by atoms with E-state index < -0.39 is 5.97 Å². The summed E-state index contributed by atoms with van der Waals surface area (Å²) >= 11 is 6.64. The molecule has 0 atom stereocenters. The van der Waals surface area contributed by atoms with Crippen molar-refractivity contribution in [1.82, 2.24) is 4.90 Å². The number of hydrogen-bond acceptors (Lipinski definition) is 7. The van der Waals surface area contributed by atoms with Crippen LogP contribution in [-0.2, 0) is 9.59 Å². The van der Waals surface area contributed by atoms with Gasteiger partial charge in [-0.1, -0.05) is 54.7 Å². The lowest BCUT2D eigenvalue weighted by molar-refractivity contribution is -0.137. The number of methoxy groups -OCH3 is 1. The molecular weight excluding hydrogens is 474 g/mol. The van der Waals surface area contributed by atoms with E-state index in [1.165, 1.54) is 11.8 Å². The van der Waals surface area contributed by atoms with Gasteiger partial charge in [0.25, 0.3) is 5.91 Å². The zero-order valence-corrected chi connectivity index (χ0v) is 20.5. The van der Waals surface area contributed by atoms with Gasteiger partial charge >= 0.3 is 5.97 Å². The molecule has 0 spiro atoms. The molecule has 1 fully saturated rings. The molecule has 1 amide bonds. The topological polar surface area (TPSA) is 85.3 Å². The number of hydrogen-bond donors (Lipinski definition) is 1. The number of amides is 1. The lowest BCUT2D eigenvalue weighted by Crippen LogP contribution is -2.29. The Hall–Kier alpha value is -3.04. The number of nitrogens with zero attached hydrogens (tertiary/aromatic N) is 1. The van der Waals surface area contributed by atoms with Crippen LogP contribution < -0.4 is 14.2 Å². The normalized spacial score (nSPS) is 14.5. The highest BCUT2D eigenvalue weighted by Gasteiger charge is 2.31. The van der Waals surface area contributed by atoms with Crippen molar-refractivity contribution in [3.63, 3.8) is 0 Å². The molecule has 0 aliphatic carbocycles. The molecule has 0 unspecified atom stereocenters. The van der Waals surface area contributed by atoms with Crippen molar-refractivity contribution in [3.05, 3.63) is 59.0 Å². The summed E-state index contributed by atoms with van der Waals surface area (Å²) in [6.07, 6.45) is 4.03. The molecule has 3 rings (SSSR count). The quantitative estimate of drug-likeness (QED) is 0.233. The molecule has 2 aromatic rings. The first-order valence-corrected chi connectivity index (χ1v) is 12.2.